The molecular formula is C21H18N4O3S. The van der Waals surface area contributed by atoms with Gasteiger partial charge in [0.25, 0.3) is 5.56 Å². The number of nitrogens with one attached hydrogen (secondary N) is 1. The van der Waals surface area contributed by atoms with Crippen LogP contribution in [0.2, 0.25) is 0 Å². The van der Waals surface area contributed by atoms with Gasteiger partial charge in [-0.15, -0.1) is 0 Å². The SMILES string of the molecule is COc1cccc(CNC(=O)Cn2cnc3c(-c4ccccc4)nsc3c2=O)c1. The molecule has 0 aliphatic carbocycles. The molecule has 146 valence electrons. The topological polar surface area (TPSA) is 86.1 Å². The molecule has 0 fully saturated rings. The molecule has 1 N–H and O–H groups in total. The van der Waals surface area contributed by atoms with Crippen molar-refractivity contribution < 1.29 is 9.53 Å². The highest BCUT2D eigenvalue weighted by atomic mass is 32.1. The zero-order valence-corrected chi connectivity index (χ0v) is 16.5. The molecule has 0 bridgehead atoms. The monoisotopic (exact) mass is 406 g/mol. The maximum atomic E-state index is 12.8. The molecule has 29 heavy (non-hydrogen) atoms. The van der Waals surface area contributed by atoms with Crippen molar-refractivity contribution in [3.63, 3.8) is 0 Å². The Morgan fingerprint density at radius 1 is 1.17 bits per heavy atom. The molecule has 2 heterocycles. The van der Waals surface area contributed by atoms with Gasteiger partial charge in [0.2, 0.25) is 5.91 Å². The van der Waals surface area contributed by atoms with Crippen LogP contribution in [0.1, 0.15) is 5.56 Å². The van der Waals surface area contributed by atoms with E-state index < -0.39 is 0 Å². The molecule has 0 radical (unpaired) electrons. The van der Waals surface area contributed by atoms with Crippen molar-refractivity contribution in [1.82, 2.24) is 19.2 Å². The van der Waals surface area contributed by atoms with Crippen LogP contribution in [0.5, 0.6) is 5.75 Å². The Morgan fingerprint density at radius 3 is 2.79 bits per heavy atom. The minimum absolute atomic E-state index is 0.107. The maximum absolute atomic E-state index is 12.8. The standard InChI is InChI=1S/C21H18N4O3S/c1-28-16-9-5-6-14(10-16)11-22-17(26)12-25-13-23-19-18(15-7-3-2-4-8-15)24-29-20(19)21(25)27/h2-10,13H,11-12H2,1H3,(H,22,26). The summed E-state index contributed by atoms with van der Waals surface area (Å²) in [5, 5.41) is 2.81. The van der Waals surface area contributed by atoms with E-state index in [1.165, 1.54) is 10.9 Å². The molecular weight excluding hydrogens is 388 g/mol. The largest absolute Gasteiger partial charge is 0.497 e. The van der Waals surface area contributed by atoms with Crippen LogP contribution in [-0.2, 0) is 17.9 Å². The molecule has 1 amide bonds. The van der Waals surface area contributed by atoms with Crippen LogP contribution in [0.4, 0.5) is 0 Å². The van der Waals surface area contributed by atoms with E-state index in [0.29, 0.717) is 22.5 Å². The first kappa shape index (κ1) is 18.8. The highest BCUT2D eigenvalue weighted by molar-refractivity contribution is 7.13. The van der Waals surface area contributed by atoms with Gasteiger partial charge in [0.15, 0.2) is 0 Å². The number of rotatable bonds is 6. The molecule has 7 nitrogen and oxygen atoms in total. The molecule has 4 rings (SSSR count). The third-order valence-corrected chi connectivity index (χ3v) is 5.26. The highest BCUT2D eigenvalue weighted by Gasteiger charge is 2.15. The number of aromatic nitrogens is 3. The second-order valence-corrected chi connectivity index (χ2v) is 7.15. The fourth-order valence-electron chi connectivity index (χ4n) is 2.95. The van der Waals surface area contributed by atoms with Gasteiger partial charge in [0.1, 0.15) is 28.2 Å². The van der Waals surface area contributed by atoms with E-state index in [1.807, 2.05) is 54.6 Å². The first-order valence-electron chi connectivity index (χ1n) is 8.95. The number of hydrogen-bond donors (Lipinski definition) is 1. The molecule has 0 saturated heterocycles. The lowest BCUT2D eigenvalue weighted by Gasteiger charge is -2.08. The Bertz CT molecular complexity index is 1220. The van der Waals surface area contributed by atoms with Gasteiger partial charge in [0, 0.05) is 12.1 Å². The summed E-state index contributed by atoms with van der Waals surface area (Å²) in [4.78, 5) is 29.5. The number of ether oxygens (including phenoxy) is 1. The van der Waals surface area contributed by atoms with Crippen LogP contribution in [0.25, 0.3) is 21.5 Å². The van der Waals surface area contributed by atoms with Gasteiger partial charge in [-0.1, -0.05) is 42.5 Å². The smallest absolute Gasteiger partial charge is 0.273 e. The number of fused-ring (bicyclic) bond motifs is 1. The summed E-state index contributed by atoms with van der Waals surface area (Å²) < 4.78 is 11.3. The van der Waals surface area contributed by atoms with E-state index in [-0.39, 0.29) is 18.0 Å². The quantitative estimate of drug-likeness (QED) is 0.532. The summed E-state index contributed by atoms with van der Waals surface area (Å²) >= 11 is 1.10. The first-order chi connectivity index (χ1) is 14.2. The first-order valence-corrected chi connectivity index (χ1v) is 9.73. The number of nitrogens with zero attached hydrogens (tertiary/aromatic N) is 3. The molecule has 0 aliphatic rings. The third-order valence-electron chi connectivity index (χ3n) is 4.43. The minimum atomic E-state index is -0.274. The zero-order valence-electron chi connectivity index (χ0n) is 15.7. The fraction of sp³-hybridized carbons (Fsp3) is 0.143. The van der Waals surface area contributed by atoms with Gasteiger partial charge < -0.3 is 10.1 Å². The number of benzene rings is 2. The van der Waals surface area contributed by atoms with Crippen molar-refractivity contribution in [2.75, 3.05) is 7.11 Å². The van der Waals surface area contributed by atoms with E-state index >= 15 is 0 Å². The normalized spacial score (nSPS) is 10.8. The predicted molar refractivity (Wildman–Crippen MR) is 112 cm³/mol. The number of carbonyl (C=O) groups excluding carboxylic acids is 1. The van der Waals surface area contributed by atoms with Gasteiger partial charge in [-0.05, 0) is 29.2 Å². The minimum Gasteiger partial charge on any atom is -0.497 e. The molecule has 8 heteroatoms. The van der Waals surface area contributed by atoms with Crippen LogP contribution in [-0.4, -0.2) is 26.9 Å². The lowest BCUT2D eigenvalue weighted by atomic mass is 10.1. The van der Waals surface area contributed by atoms with E-state index in [1.54, 1.807) is 7.11 Å². The van der Waals surface area contributed by atoms with E-state index in [9.17, 15) is 9.59 Å². The number of amides is 1. The van der Waals surface area contributed by atoms with Crippen molar-refractivity contribution in [3.8, 4) is 17.0 Å². The van der Waals surface area contributed by atoms with Crippen molar-refractivity contribution in [3.05, 3.63) is 76.8 Å². The summed E-state index contributed by atoms with van der Waals surface area (Å²) in [7, 11) is 1.59. The summed E-state index contributed by atoms with van der Waals surface area (Å²) in [5.74, 6) is 0.450. The van der Waals surface area contributed by atoms with Crippen molar-refractivity contribution in [2.24, 2.45) is 0 Å². The van der Waals surface area contributed by atoms with Crippen molar-refractivity contribution in [2.45, 2.75) is 13.1 Å². The second-order valence-electron chi connectivity index (χ2n) is 6.38. The average molecular weight is 406 g/mol. The predicted octanol–water partition coefficient (Wildman–Crippen LogP) is 2.85. The van der Waals surface area contributed by atoms with E-state index in [2.05, 4.69) is 14.7 Å². The summed E-state index contributed by atoms with van der Waals surface area (Å²) in [6.45, 7) is 0.240. The number of methoxy groups -OCH3 is 1. The third kappa shape index (κ3) is 4.02. The lowest BCUT2D eigenvalue weighted by Crippen LogP contribution is -2.31. The van der Waals surface area contributed by atoms with Crippen LogP contribution in [0.3, 0.4) is 0 Å². The molecule has 2 aromatic carbocycles. The molecule has 0 atom stereocenters. The van der Waals surface area contributed by atoms with Gasteiger partial charge in [0.05, 0.1) is 13.4 Å². The number of hydrogen-bond acceptors (Lipinski definition) is 6. The van der Waals surface area contributed by atoms with Gasteiger partial charge in [-0.2, -0.15) is 4.37 Å². The Hall–Kier alpha value is -3.52. The second kappa shape index (κ2) is 8.24. The summed E-state index contributed by atoms with van der Waals surface area (Å²) in [6.07, 6.45) is 1.40. The van der Waals surface area contributed by atoms with Crippen LogP contribution in [0.15, 0.2) is 65.7 Å². The van der Waals surface area contributed by atoms with Gasteiger partial charge in [-0.3, -0.25) is 14.2 Å². The Balaban J connectivity index is 1.50. The Morgan fingerprint density at radius 2 is 2.00 bits per heavy atom. The Kier molecular flexibility index (Phi) is 5.35. The Labute approximate surface area is 170 Å². The molecule has 0 unspecified atom stereocenters. The number of carbonyl (C=O) groups is 1. The van der Waals surface area contributed by atoms with E-state index in [0.717, 1.165) is 28.4 Å². The summed E-state index contributed by atoms with van der Waals surface area (Å²) in [6, 6.07) is 17.0. The van der Waals surface area contributed by atoms with Crippen LogP contribution >= 0.6 is 11.5 Å². The molecule has 0 aliphatic heterocycles. The lowest BCUT2D eigenvalue weighted by molar-refractivity contribution is -0.121. The fourth-order valence-corrected chi connectivity index (χ4v) is 3.75. The van der Waals surface area contributed by atoms with Crippen LogP contribution < -0.4 is 15.6 Å². The highest BCUT2D eigenvalue weighted by Crippen LogP contribution is 2.26. The van der Waals surface area contributed by atoms with Crippen LogP contribution in [0, 0.1) is 0 Å². The van der Waals surface area contributed by atoms with Crippen molar-refractivity contribution in [1.29, 1.82) is 0 Å². The van der Waals surface area contributed by atoms with Gasteiger partial charge >= 0.3 is 0 Å². The van der Waals surface area contributed by atoms with Gasteiger partial charge in [-0.25, -0.2) is 4.98 Å². The molecule has 4 aromatic rings. The average Bonchev–Trinajstić information content (AvgIpc) is 3.20. The molecule has 0 saturated carbocycles. The molecule has 0 spiro atoms. The zero-order chi connectivity index (χ0) is 20.2. The maximum Gasteiger partial charge on any atom is 0.273 e. The van der Waals surface area contributed by atoms with Crippen molar-refractivity contribution >= 4 is 27.7 Å². The molecule has 2 aromatic heterocycles. The summed E-state index contributed by atoms with van der Waals surface area (Å²) in [5.41, 5.74) is 2.77. The van der Waals surface area contributed by atoms with E-state index in [4.69, 9.17) is 4.74 Å².